The standard InChI is InChI=1S/C7H8OS.Na/c1-9-7-4-2-3-6(8)5-7;/h2-5,8H,1H3;/q;+1/p-1. The first kappa shape index (κ1) is 10.4. The van der Waals surface area contributed by atoms with Crippen LogP contribution in [0.15, 0.2) is 29.2 Å². The van der Waals surface area contributed by atoms with Gasteiger partial charge in [-0.1, -0.05) is 18.2 Å². The fourth-order valence-electron chi connectivity index (χ4n) is 0.601. The van der Waals surface area contributed by atoms with Crippen molar-refractivity contribution in [2.24, 2.45) is 0 Å². The molecule has 1 aromatic carbocycles. The summed E-state index contributed by atoms with van der Waals surface area (Å²) in [6.45, 7) is 0. The molecular weight excluding hydrogens is 155 g/mol. The van der Waals surface area contributed by atoms with Gasteiger partial charge in [0, 0.05) is 4.90 Å². The first-order chi connectivity index (χ1) is 4.33. The molecule has 1 nitrogen and oxygen atoms in total. The maximum Gasteiger partial charge on any atom is 1.00 e. The third kappa shape index (κ3) is 2.97. The van der Waals surface area contributed by atoms with Crippen molar-refractivity contribution in [1.29, 1.82) is 0 Å². The van der Waals surface area contributed by atoms with Crippen LogP contribution in [0.4, 0.5) is 0 Å². The molecule has 0 heterocycles. The van der Waals surface area contributed by atoms with E-state index in [-0.39, 0.29) is 35.3 Å². The SMILES string of the molecule is CSc1cccc([O-])c1.[Na+]. The Hall–Kier alpha value is 0.370. The van der Waals surface area contributed by atoms with Crippen LogP contribution in [0.1, 0.15) is 0 Å². The molecule has 1 rings (SSSR count). The van der Waals surface area contributed by atoms with Gasteiger partial charge in [-0.2, -0.15) is 0 Å². The number of hydrogen-bond acceptors (Lipinski definition) is 2. The number of thioether (sulfide) groups is 1. The summed E-state index contributed by atoms with van der Waals surface area (Å²) in [4.78, 5) is 1.03. The number of rotatable bonds is 1. The molecule has 0 saturated heterocycles. The summed E-state index contributed by atoms with van der Waals surface area (Å²) in [5.74, 6) is 0.0850. The van der Waals surface area contributed by atoms with E-state index in [1.165, 1.54) is 0 Å². The van der Waals surface area contributed by atoms with Gasteiger partial charge in [0.15, 0.2) is 0 Å². The number of hydrogen-bond donors (Lipinski definition) is 0. The van der Waals surface area contributed by atoms with Crippen molar-refractivity contribution in [2.75, 3.05) is 6.26 Å². The molecule has 0 unspecified atom stereocenters. The minimum Gasteiger partial charge on any atom is -0.872 e. The Bertz CT molecular complexity index is 203. The van der Waals surface area contributed by atoms with Gasteiger partial charge >= 0.3 is 29.6 Å². The third-order valence-corrected chi connectivity index (χ3v) is 1.77. The molecule has 0 spiro atoms. The fourth-order valence-corrected chi connectivity index (χ4v) is 1.05. The minimum absolute atomic E-state index is 0. The zero-order valence-corrected chi connectivity index (χ0v) is 8.94. The summed E-state index contributed by atoms with van der Waals surface area (Å²) in [6, 6.07) is 6.88. The molecule has 3 heteroatoms. The Morgan fingerprint density at radius 3 is 2.50 bits per heavy atom. The molecule has 0 N–H and O–H groups in total. The summed E-state index contributed by atoms with van der Waals surface area (Å²) >= 11 is 1.58. The monoisotopic (exact) mass is 162 g/mol. The van der Waals surface area contributed by atoms with E-state index in [4.69, 9.17) is 0 Å². The normalized spacial score (nSPS) is 8.50. The predicted molar refractivity (Wildman–Crippen MR) is 37.7 cm³/mol. The largest absolute Gasteiger partial charge is 1.00 e. The van der Waals surface area contributed by atoms with Crippen molar-refractivity contribution in [3.05, 3.63) is 24.3 Å². The molecule has 0 amide bonds. The zero-order chi connectivity index (χ0) is 6.69. The second-order valence-corrected chi connectivity index (χ2v) is 2.56. The summed E-state index contributed by atoms with van der Waals surface area (Å²) < 4.78 is 0. The van der Waals surface area contributed by atoms with Crippen LogP contribution in [-0.2, 0) is 0 Å². The van der Waals surface area contributed by atoms with Crippen molar-refractivity contribution in [3.8, 4) is 5.75 Å². The Balaban J connectivity index is 0.000000810. The number of benzene rings is 1. The van der Waals surface area contributed by atoms with Crippen LogP contribution in [0.25, 0.3) is 0 Å². The zero-order valence-electron chi connectivity index (χ0n) is 6.13. The van der Waals surface area contributed by atoms with Gasteiger partial charge in [0.1, 0.15) is 0 Å². The molecule has 0 aromatic heterocycles. The molecule has 48 valence electrons. The quantitative estimate of drug-likeness (QED) is 0.370. The van der Waals surface area contributed by atoms with Crippen LogP contribution in [0.2, 0.25) is 0 Å². The van der Waals surface area contributed by atoms with Gasteiger partial charge in [0.05, 0.1) is 0 Å². The molecular formula is C7H7NaOS. The summed E-state index contributed by atoms with van der Waals surface area (Å²) in [5, 5.41) is 10.6. The van der Waals surface area contributed by atoms with Gasteiger partial charge in [0.2, 0.25) is 0 Å². The Kier molecular flexibility index (Phi) is 5.27. The molecule has 0 bridgehead atoms. The van der Waals surface area contributed by atoms with Gasteiger partial charge in [-0.15, -0.1) is 17.5 Å². The van der Waals surface area contributed by atoms with Crippen LogP contribution in [0.5, 0.6) is 5.75 Å². The van der Waals surface area contributed by atoms with E-state index in [9.17, 15) is 5.11 Å². The molecule has 10 heavy (non-hydrogen) atoms. The average molecular weight is 162 g/mol. The van der Waals surface area contributed by atoms with E-state index in [1.54, 1.807) is 30.0 Å². The summed E-state index contributed by atoms with van der Waals surface area (Å²) in [7, 11) is 0. The van der Waals surface area contributed by atoms with Crippen molar-refractivity contribution in [1.82, 2.24) is 0 Å². The summed E-state index contributed by atoms with van der Waals surface area (Å²) in [5.41, 5.74) is 0. The van der Waals surface area contributed by atoms with Crippen molar-refractivity contribution in [2.45, 2.75) is 4.90 Å². The van der Waals surface area contributed by atoms with Crippen molar-refractivity contribution >= 4 is 11.8 Å². The maximum absolute atomic E-state index is 10.6. The van der Waals surface area contributed by atoms with Crippen molar-refractivity contribution in [3.63, 3.8) is 0 Å². The van der Waals surface area contributed by atoms with Gasteiger partial charge < -0.3 is 5.11 Å². The van der Waals surface area contributed by atoms with Gasteiger partial charge in [-0.3, -0.25) is 0 Å². The molecule has 0 aliphatic carbocycles. The van der Waals surface area contributed by atoms with Crippen LogP contribution in [0.3, 0.4) is 0 Å². The minimum atomic E-state index is 0. The van der Waals surface area contributed by atoms with E-state index in [0.717, 1.165) is 4.90 Å². The van der Waals surface area contributed by atoms with Crippen LogP contribution < -0.4 is 34.7 Å². The average Bonchev–Trinajstić information content (AvgIpc) is 1.88. The van der Waals surface area contributed by atoms with Gasteiger partial charge in [0.25, 0.3) is 0 Å². The second-order valence-electron chi connectivity index (χ2n) is 1.68. The van der Waals surface area contributed by atoms with Crippen LogP contribution in [-0.4, -0.2) is 6.26 Å². The van der Waals surface area contributed by atoms with Crippen LogP contribution in [0, 0.1) is 0 Å². The van der Waals surface area contributed by atoms with Crippen LogP contribution >= 0.6 is 11.8 Å². The molecule has 1 aromatic rings. The Morgan fingerprint density at radius 2 is 2.10 bits per heavy atom. The first-order valence-corrected chi connectivity index (χ1v) is 3.86. The topological polar surface area (TPSA) is 23.1 Å². The van der Waals surface area contributed by atoms with E-state index in [1.807, 2.05) is 12.3 Å². The molecule has 0 saturated carbocycles. The molecule has 0 atom stereocenters. The summed E-state index contributed by atoms with van der Waals surface area (Å²) in [6.07, 6.45) is 1.95. The van der Waals surface area contributed by atoms with Gasteiger partial charge in [-0.25, -0.2) is 0 Å². The predicted octanol–water partition coefficient (Wildman–Crippen LogP) is -1.51. The molecule has 0 radical (unpaired) electrons. The van der Waals surface area contributed by atoms with Crippen molar-refractivity contribution < 1.29 is 34.7 Å². The Labute approximate surface area is 87.1 Å². The fraction of sp³-hybridized carbons (Fsp3) is 0.143. The smallest absolute Gasteiger partial charge is 0.872 e. The maximum atomic E-state index is 10.6. The van der Waals surface area contributed by atoms with E-state index < -0.39 is 0 Å². The first-order valence-electron chi connectivity index (χ1n) is 2.64. The molecule has 0 fully saturated rings. The van der Waals surface area contributed by atoms with Gasteiger partial charge in [-0.05, 0) is 12.3 Å². The third-order valence-electron chi connectivity index (χ3n) is 1.04. The molecule has 0 aliphatic heterocycles. The Morgan fingerprint density at radius 1 is 1.40 bits per heavy atom. The van der Waals surface area contributed by atoms with E-state index >= 15 is 0 Å². The molecule has 0 aliphatic rings. The van der Waals surface area contributed by atoms with E-state index in [0.29, 0.717) is 0 Å². The second kappa shape index (κ2) is 5.08. The van der Waals surface area contributed by atoms with E-state index in [2.05, 4.69) is 0 Å².